The maximum Gasteiger partial charge on any atom is 0.278 e. The summed E-state index contributed by atoms with van der Waals surface area (Å²) < 4.78 is 0. The van der Waals surface area contributed by atoms with Crippen molar-refractivity contribution in [3.63, 3.8) is 0 Å². The maximum atomic E-state index is 13.0. The molecule has 0 atom stereocenters. The van der Waals surface area contributed by atoms with E-state index in [2.05, 4.69) is 10.6 Å². The number of amides is 3. The van der Waals surface area contributed by atoms with E-state index in [1.807, 2.05) is 0 Å². The lowest BCUT2D eigenvalue weighted by Gasteiger charge is -2.19. The Morgan fingerprint density at radius 3 is 2.14 bits per heavy atom. The van der Waals surface area contributed by atoms with Crippen molar-refractivity contribution in [3.8, 4) is 0 Å². The molecule has 3 rings (SSSR count). The van der Waals surface area contributed by atoms with Crippen LogP contribution >= 0.6 is 23.2 Å². The molecule has 0 saturated heterocycles. The van der Waals surface area contributed by atoms with Gasteiger partial charge in [-0.2, -0.15) is 0 Å². The number of carbonyl (C=O) groups is 3. The van der Waals surface area contributed by atoms with E-state index in [1.165, 1.54) is 17.9 Å². The molecule has 0 bridgehead atoms. The summed E-state index contributed by atoms with van der Waals surface area (Å²) in [7, 11) is 0. The van der Waals surface area contributed by atoms with Crippen LogP contribution in [0.15, 0.2) is 48.2 Å². The van der Waals surface area contributed by atoms with Crippen LogP contribution in [-0.2, 0) is 14.4 Å². The van der Waals surface area contributed by atoms with Gasteiger partial charge in [0.2, 0.25) is 5.91 Å². The molecule has 8 heteroatoms. The smallest absolute Gasteiger partial charge is 0.278 e. The number of anilines is 2. The first-order chi connectivity index (χ1) is 13.7. The second-order valence-electron chi connectivity index (χ2n) is 6.83. The highest BCUT2D eigenvalue weighted by atomic mass is 35.5. The van der Waals surface area contributed by atoms with Gasteiger partial charge in [-0.05, 0) is 50.2 Å². The molecule has 150 valence electrons. The molecule has 3 amide bonds. The van der Waals surface area contributed by atoms with E-state index < -0.39 is 11.8 Å². The van der Waals surface area contributed by atoms with Crippen molar-refractivity contribution in [1.82, 2.24) is 4.90 Å². The Hall–Kier alpha value is -2.83. The maximum absolute atomic E-state index is 13.0. The highest BCUT2D eigenvalue weighted by Gasteiger charge is 2.41. The first kappa shape index (κ1) is 20.9. The van der Waals surface area contributed by atoms with Gasteiger partial charge in [0.25, 0.3) is 11.8 Å². The molecule has 0 aromatic heterocycles. The van der Waals surface area contributed by atoms with Gasteiger partial charge in [-0.3, -0.25) is 19.3 Å². The van der Waals surface area contributed by atoms with Crippen LogP contribution in [0.3, 0.4) is 0 Å². The molecule has 29 heavy (non-hydrogen) atoms. The summed E-state index contributed by atoms with van der Waals surface area (Å²) in [6.45, 7) is 4.95. The summed E-state index contributed by atoms with van der Waals surface area (Å²) in [6.07, 6.45) is 0. The average Bonchev–Trinajstić information content (AvgIpc) is 2.87. The number of halogens is 2. The van der Waals surface area contributed by atoms with E-state index in [-0.39, 0.29) is 28.2 Å². The SMILES string of the molecule is CC(=O)Nc1ccc(NC2=C(c3ccc(Cl)cc3Cl)C(=O)N(C(C)C)C2=O)cc1. The molecule has 0 radical (unpaired) electrons. The Morgan fingerprint density at radius 1 is 0.966 bits per heavy atom. The molecule has 2 aromatic rings. The number of carbonyl (C=O) groups excluding carboxylic acids is 3. The van der Waals surface area contributed by atoms with E-state index in [0.717, 1.165) is 0 Å². The predicted molar refractivity (Wildman–Crippen MR) is 115 cm³/mol. The minimum atomic E-state index is -0.433. The monoisotopic (exact) mass is 431 g/mol. The van der Waals surface area contributed by atoms with Gasteiger partial charge in [0.1, 0.15) is 5.70 Å². The molecule has 0 fully saturated rings. The Balaban J connectivity index is 2.04. The van der Waals surface area contributed by atoms with Gasteiger partial charge < -0.3 is 10.6 Å². The van der Waals surface area contributed by atoms with E-state index in [9.17, 15) is 14.4 Å². The van der Waals surface area contributed by atoms with Crippen molar-refractivity contribution in [2.24, 2.45) is 0 Å². The van der Waals surface area contributed by atoms with Crippen molar-refractivity contribution in [2.45, 2.75) is 26.8 Å². The third-order valence-corrected chi connectivity index (χ3v) is 4.85. The first-order valence-corrected chi connectivity index (χ1v) is 9.67. The molecule has 2 aromatic carbocycles. The molecule has 1 aliphatic rings. The van der Waals surface area contributed by atoms with Crippen LogP contribution in [0.4, 0.5) is 11.4 Å². The molecule has 1 heterocycles. The number of hydrogen-bond acceptors (Lipinski definition) is 4. The lowest BCUT2D eigenvalue weighted by molar-refractivity contribution is -0.138. The number of hydrogen-bond donors (Lipinski definition) is 2. The van der Waals surface area contributed by atoms with Crippen molar-refractivity contribution < 1.29 is 14.4 Å². The van der Waals surface area contributed by atoms with Crippen molar-refractivity contribution in [1.29, 1.82) is 0 Å². The molecule has 0 spiro atoms. The number of nitrogens with one attached hydrogen (secondary N) is 2. The lowest BCUT2D eigenvalue weighted by Crippen LogP contribution is -2.38. The van der Waals surface area contributed by atoms with E-state index in [1.54, 1.807) is 50.2 Å². The predicted octanol–water partition coefficient (Wildman–Crippen LogP) is 4.55. The van der Waals surface area contributed by atoms with Crippen molar-refractivity contribution in [2.75, 3.05) is 10.6 Å². The van der Waals surface area contributed by atoms with E-state index >= 15 is 0 Å². The second-order valence-corrected chi connectivity index (χ2v) is 7.68. The Morgan fingerprint density at radius 2 is 1.59 bits per heavy atom. The van der Waals surface area contributed by atoms with Gasteiger partial charge >= 0.3 is 0 Å². The highest BCUT2D eigenvalue weighted by molar-refractivity contribution is 6.41. The van der Waals surface area contributed by atoms with Gasteiger partial charge in [-0.1, -0.05) is 29.3 Å². The topological polar surface area (TPSA) is 78.5 Å². The van der Waals surface area contributed by atoms with Crippen LogP contribution in [0.25, 0.3) is 5.57 Å². The Bertz CT molecular complexity index is 1030. The van der Waals surface area contributed by atoms with Gasteiger partial charge in [-0.15, -0.1) is 0 Å². The largest absolute Gasteiger partial charge is 0.350 e. The van der Waals surface area contributed by atoms with Gasteiger partial charge in [0.05, 0.1) is 10.6 Å². The van der Waals surface area contributed by atoms with Gasteiger partial charge in [0.15, 0.2) is 0 Å². The number of rotatable bonds is 5. The zero-order chi connectivity index (χ0) is 21.3. The normalized spacial score (nSPS) is 14.1. The molecular weight excluding hydrogens is 413 g/mol. The fraction of sp³-hybridized carbons (Fsp3) is 0.190. The summed E-state index contributed by atoms with van der Waals surface area (Å²) >= 11 is 12.3. The standard InChI is InChI=1S/C21H19Cl2N3O3/c1-11(2)26-20(28)18(16-9-4-13(22)10-17(16)23)19(21(26)29)25-15-7-5-14(6-8-15)24-12(3)27/h4-11,25H,1-3H3,(H,24,27). The average molecular weight is 432 g/mol. The third-order valence-electron chi connectivity index (χ3n) is 4.31. The molecule has 0 saturated carbocycles. The number of nitrogens with zero attached hydrogens (tertiary/aromatic N) is 1. The summed E-state index contributed by atoms with van der Waals surface area (Å²) in [5, 5.41) is 6.42. The van der Waals surface area contributed by atoms with E-state index in [4.69, 9.17) is 23.2 Å². The van der Waals surface area contributed by atoms with Gasteiger partial charge in [0, 0.05) is 34.9 Å². The third kappa shape index (κ3) is 4.28. The van der Waals surface area contributed by atoms with Crippen molar-refractivity contribution in [3.05, 3.63) is 63.8 Å². The number of benzene rings is 2. The molecule has 1 aliphatic heterocycles. The van der Waals surface area contributed by atoms with Crippen LogP contribution in [0.2, 0.25) is 10.0 Å². The highest BCUT2D eigenvalue weighted by Crippen LogP contribution is 2.36. The minimum Gasteiger partial charge on any atom is -0.350 e. The van der Waals surface area contributed by atoms with Crippen LogP contribution in [0.1, 0.15) is 26.3 Å². The fourth-order valence-electron chi connectivity index (χ4n) is 3.06. The summed E-state index contributed by atoms with van der Waals surface area (Å²) in [5.74, 6) is -1.04. The van der Waals surface area contributed by atoms with Crippen LogP contribution in [0.5, 0.6) is 0 Å². The molecule has 2 N–H and O–H groups in total. The fourth-order valence-corrected chi connectivity index (χ4v) is 3.56. The first-order valence-electron chi connectivity index (χ1n) is 8.91. The quantitative estimate of drug-likeness (QED) is 0.680. The Kier molecular flexibility index (Phi) is 5.96. The summed E-state index contributed by atoms with van der Waals surface area (Å²) in [4.78, 5) is 38.4. The van der Waals surface area contributed by atoms with Crippen LogP contribution < -0.4 is 10.6 Å². The number of imide groups is 1. The summed E-state index contributed by atoms with van der Waals surface area (Å²) in [5.41, 5.74) is 1.96. The zero-order valence-electron chi connectivity index (χ0n) is 16.0. The molecule has 0 aliphatic carbocycles. The van der Waals surface area contributed by atoms with Crippen molar-refractivity contribution >= 4 is 57.9 Å². The van der Waals surface area contributed by atoms with Gasteiger partial charge in [-0.25, -0.2) is 0 Å². The van der Waals surface area contributed by atoms with E-state index in [0.29, 0.717) is 22.0 Å². The molecular formula is C21H19Cl2N3O3. The van der Waals surface area contributed by atoms with Crippen LogP contribution in [-0.4, -0.2) is 28.7 Å². The molecule has 0 unspecified atom stereocenters. The summed E-state index contributed by atoms with van der Waals surface area (Å²) in [6, 6.07) is 11.2. The second kappa shape index (κ2) is 8.27. The lowest BCUT2D eigenvalue weighted by atomic mass is 10.0. The minimum absolute atomic E-state index is 0.139. The zero-order valence-corrected chi connectivity index (χ0v) is 17.6. The Labute approximate surface area is 178 Å². The molecule has 6 nitrogen and oxygen atoms in total. The van der Waals surface area contributed by atoms with Crippen LogP contribution in [0, 0.1) is 0 Å².